The van der Waals surface area contributed by atoms with Gasteiger partial charge in [-0.1, -0.05) is 0 Å². The molecule has 9 nitrogen and oxygen atoms in total. The molecule has 0 aromatic heterocycles. The summed E-state index contributed by atoms with van der Waals surface area (Å²) in [6.07, 6.45) is 1.50. The topological polar surface area (TPSA) is 119 Å². The molecule has 1 N–H and O–H groups in total. The molecule has 0 spiro atoms. The Labute approximate surface area is 184 Å². The number of carbonyl (C=O) groups excluding carboxylic acids is 3. The summed E-state index contributed by atoms with van der Waals surface area (Å²) in [5, 5.41) is 8.26. The van der Waals surface area contributed by atoms with Crippen molar-refractivity contribution in [2.24, 2.45) is 0 Å². The molecule has 2 amide bonds. The van der Waals surface area contributed by atoms with Crippen LogP contribution in [0.2, 0.25) is 0 Å². The Hall–Kier alpha value is -2.28. The van der Waals surface area contributed by atoms with E-state index in [0.29, 0.717) is 21.5 Å². The number of halogens is 1. The van der Waals surface area contributed by atoms with Crippen LogP contribution in [0.5, 0.6) is 11.5 Å². The van der Waals surface area contributed by atoms with Gasteiger partial charge in [-0.3, -0.25) is 19.3 Å². The third-order valence-corrected chi connectivity index (χ3v) is 5.14. The number of benzene rings is 1. The maximum absolute atomic E-state index is 12.5. The predicted octanol–water partition coefficient (Wildman–Crippen LogP) is 2.75. The van der Waals surface area contributed by atoms with E-state index in [2.05, 4.69) is 0 Å². The summed E-state index contributed by atoms with van der Waals surface area (Å²) in [7, 11) is 0. The molecule has 0 saturated carbocycles. The molecule has 1 saturated heterocycles. The number of imide groups is 1. The van der Waals surface area contributed by atoms with Crippen LogP contribution in [0.3, 0.4) is 0 Å². The molecule has 0 bridgehead atoms. The van der Waals surface area contributed by atoms with Crippen molar-refractivity contribution in [3.8, 4) is 11.5 Å². The first-order chi connectivity index (χ1) is 13.8. The van der Waals surface area contributed by atoms with Gasteiger partial charge in [0.1, 0.15) is 6.54 Å². The smallest absolute Gasteiger partial charge is 0.341 e. The highest BCUT2D eigenvalue weighted by atomic mass is 127. The van der Waals surface area contributed by atoms with Gasteiger partial charge in [-0.2, -0.15) is 0 Å². The van der Waals surface area contributed by atoms with E-state index in [9.17, 15) is 19.2 Å². The number of carboxylic acids is 1. The molecule has 0 aliphatic carbocycles. The van der Waals surface area contributed by atoms with Gasteiger partial charge in [-0.15, -0.1) is 0 Å². The van der Waals surface area contributed by atoms with Crippen LogP contribution in [0.25, 0.3) is 6.08 Å². The molecular formula is C18H18INO8S. The van der Waals surface area contributed by atoms with Gasteiger partial charge in [-0.05, 0) is 72.0 Å². The lowest BCUT2D eigenvalue weighted by molar-refractivity contribution is -0.146. The largest absolute Gasteiger partial charge is 0.490 e. The lowest BCUT2D eigenvalue weighted by Crippen LogP contribution is -2.34. The van der Waals surface area contributed by atoms with Crippen molar-refractivity contribution in [1.29, 1.82) is 0 Å². The lowest BCUT2D eigenvalue weighted by Gasteiger charge is -2.14. The Balaban J connectivity index is 2.29. The predicted molar refractivity (Wildman–Crippen MR) is 113 cm³/mol. The average Bonchev–Trinajstić information content (AvgIpc) is 2.88. The van der Waals surface area contributed by atoms with E-state index in [1.807, 2.05) is 22.6 Å². The second-order valence-electron chi connectivity index (χ2n) is 5.52. The van der Waals surface area contributed by atoms with Gasteiger partial charge in [0, 0.05) is 0 Å². The molecule has 0 unspecified atom stereocenters. The summed E-state index contributed by atoms with van der Waals surface area (Å²) in [6, 6.07) is 3.25. The summed E-state index contributed by atoms with van der Waals surface area (Å²) >= 11 is 2.68. The first kappa shape index (κ1) is 23.0. The molecule has 0 atom stereocenters. The average molecular weight is 535 g/mol. The molecule has 2 rings (SSSR count). The number of thioether (sulfide) groups is 1. The Kier molecular flexibility index (Phi) is 8.32. The molecule has 1 fully saturated rings. The Bertz CT molecular complexity index is 870. The highest BCUT2D eigenvalue weighted by Gasteiger charge is 2.36. The normalized spacial score (nSPS) is 15.0. The third kappa shape index (κ3) is 6.10. The molecule has 1 aromatic carbocycles. The van der Waals surface area contributed by atoms with Gasteiger partial charge in [0.25, 0.3) is 11.1 Å². The van der Waals surface area contributed by atoms with E-state index in [1.165, 1.54) is 6.08 Å². The van der Waals surface area contributed by atoms with E-state index >= 15 is 0 Å². The van der Waals surface area contributed by atoms with Gasteiger partial charge in [0.15, 0.2) is 18.1 Å². The number of esters is 1. The highest BCUT2D eigenvalue weighted by Crippen LogP contribution is 2.37. The number of carbonyl (C=O) groups is 4. The van der Waals surface area contributed by atoms with E-state index in [0.717, 1.165) is 16.7 Å². The minimum Gasteiger partial charge on any atom is -0.490 e. The molecule has 1 aromatic rings. The fourth-order valence-corrected chi connectivity index (χ4v) is 3.95. The van der Waals surface area contributed by atoms with Crippen molar-refractivity contribution in [1.82, 2.24) is 4.90 Å². The maximum atomic E-state index is 12.5. The Morgan fingerprint density at radius 2 is 1.93 bits per heavy atom. The quantitative estimate of drug-likeness (QED) is 0.289. The second-order valence-corrected chi connectivity index (χ2v) is 7.67. The number of nitrogens with zero attached hydrogens (tertiary/aromatic N) is 1. The maximum Gasteiger partial charge on any atom is 0.341 e. The van der Waals surface area contributed by atoms with E-state index in [4.69, 9.17) is 19.3 Å². The number of hydrogen-bond donors (Lipinski definition) is 1. The Morgan fingerprint density at radius 3 is 2.55 bits per heavy atom. The summed E-state index contributed by atoms with van der Waals surface area (Å²) < 4.78 is 16.2. The van der Waals surface area contributed by atoms with Crippen LogP contribution < -0.4 is 9.47 Å². The van der Waals surface area contributed by atoms with E-state index in [1.54, 1.807) is 26.0 Å². The van der Waals surface area contributed by atoms with Crippen LogP contribution in [0.1, 0.15) is 19.4 Å². The molecular weight excluding hydrogens is 517 g/mol. The fourth-order valence-electron chi connectivity index (χ4n) is 2.33. The molecule has 1 heterocycles. The van der Waals surface area contributed by atoms with Crippen LogP contribution >= 0.6 is 34.4 Å². The molecule has 1 aliphatic heterocycles. The van der Waals surface area contributed by atoms with Gasteiger partial charge in [-0.25, -0.2) is 4.79 Å². The molecule has 156 valence electrons. The van der Waals surface area contributed by atoms with Gasteiger partial charge >= 0.3 is 11.9 Å². The van der Waals surface area contributed by atoms with Crippen LogP contribution in [0.15, 0.2) is 17.0 Å². The molecule has 1 aliphatic rings. The zero-order valence-electron chi connectivity index (χ0n) is 15.6. The Morgan fingerprint density at radius 1 is 1.21 bits per heavy atom. The monoisotopic (exact) mass is 535 g/mol. The first-order valence-electron chi connectivity index (χ1n) is 8.48. The number of rotatable bonds is 9. The minimum atomic E-state index is -1.12. The summed E-state index contributed by atoms with van der Waals surface area (Å²) in [5.74, 6) is -1.78. The van der Waals surface area contributed by atoms with Crippen molar-refractivity contribution in [3.63, 3.8) is 0 Å². The lowest BCUT2D eigenvalue weighted by atomic mass is 10.2. The van der Waals surface area contributed by atoms with Crippen molar-refractivity contribution >= 4 is 63.5 Å². The summed E-state index contributed by atoms with van der Waals surface area (Å²) in [6.45, 7) is 2.90. The number of amides is 2. The van der Waals surface area contributed by atoms with E-state index < -0.39 is 36.2 Å². The number of ether oxygens (including phenoxy) is 3. The number of carboxylic acid groups (broad SMARTS) is 1. The SMILES string of the molecule is CCOC(=O)CN1C(=O)S/C(=C/c2cc(I)c(OCC(=O)O)c(OCC)c2)C1=O. The highest BCUT2D eigenvalue weighted by molar-refractivity contribution is 14.1. The van der Waals surface area contributed by atoms with E-state index in [-0.39, 0.29) is 17.3 Å². The van der Waals surface area contributed by atoms with Gasteiger partial charge < -0.3 is 19.3 Å². The third-order valence-electron chi connectivity index (χ3n) is 3.44. The second kappa shape index (κ2) is 10.5. The van der Waals surface area contributed by atoms with Crippen LogP contribution in [0, 0.1) is 3.57 Å². The molecule has 11 heteroatoms. The molecule has 29 heavy (non-hydrogen) atoms. The first-order valence-corrected chi connectivity index (χ1v) is 10.4. The number of hydrogen-bond acceptors (Lipinski definition) is 8. The van der Waals surface area contributed by atoms with Crippen molar-refractivity contribution in [2.75, 3.05) is 26.4 Å². The minimum absolute atomic E-state index is 0.150. The standard InChI is InChI=1S/C18H18INO8S/c1-3-26-12-6-10(5-11(19)16(12)28-9-14(21)22)7-13-17(24)20(18(25)29-13)8-15(23)27-4-2/h5-7H,3-4,8-9H2,1-2H3,(H,21,22)/b13-7+. The summed E-state index contributed by atoms with van der Waals surface area (Å²) in [4.78, 5) is 47.9. The van der Waals surface area contributed by atoms with Crippen LogP contribution in [0.4, 0.5) is 4.79 Å². The van der Waals surface area contributed by atoms with Crippen LogP contribution in [-0.2, 0) is 19.1 Å². The zero-order valence-corrected chi connectivity index (χ0v) is 18.6. The summed E-state index contributed by atoms with van der Waals surface area (Å²) in [5.41, 5.74) is 0.558. The van der Waals surface area contributed by atoms with Gasteiger partial charge in [0.2, 0.25) is 0 Å². The molecule has 0 radical (unpaired) electrons. The zero-order chi connectivity index (χ0) is 21.6. The van der Waals surface area contributed by atoms with Crippen molar-refractivity contribution < 1.29 is 38.5 Å². The number of aliphatic carboxylic acids is 1. The van der Waals surface area contributed by atoms with Gasteiger partial charge in [0.05, 0.1) is 21.7 Å². The fraction of sp³-hybridized carbons (Fsp3) is 0.333. The van der Waals surface area contributed by atoms with Crippen molar-refractivity contribution in [2.45, 2.75) is 13.8 Å². The van der Waals surface area contributed by atoms with Crippen molar-refractivity contribution in [3.05, 3.63) is 26.2 Å². The van der Waals surface area contributed by atoms with Crippen LogP contribution in [-0.4, -0.2) is 59.5 Å².